The molecule has 0 saturated carbocycles. The summed E-state index contributed by atoms with van der Waals surface area (Å²) in [5, 5.41) is 2.70. The molecule has 0 bridgehead atoms. The standard InChI is InChI=1S/C12H9N2O/c15-12(11-8-4-5-9-13-11)14-10-6-2-1-3-7-10/h1-6,8-9H,(H,14,15). The summed E-state index contributed by atoms with van der Waals surface area (Å²) in [4.78, 5) is 15.6. The second-order valence-electron chi connectivity index (χ2n) is 2.95. The van der Waals surface area contributed by atoms with Crippen molar-refractivity contribution in [1.82, 2.24) is 4.98 Å². The first-order valence-corrected chi connectivity index (χ1v) is 4.55. The van der Waals surface area contributed by atoms with E-state index in [1.807, 2.05) is 12.1 Å². The Morgan fingerprint density at radius 1 is 1.20 bits per heavy atom. The molecule has 0 unspecified atom stereocenters. The Balaban J connectivity index is 2.12. The van der Waals surface area contributed by atoms with E-state index in [0.717, 1.165) is 0 Å². The lowest BCUT2D eigenvalue weighted by atomic mass is 10.3. The van der Waals surface area contributed by atoms with Crippen LogP contribution in [0.4, 0.5) is 5.69 Å². The molecule has 0 fully saturated rings. The van der Waals surface area contributed by atoms with E-state index in [0.29, 0.717) is 11.4 Å². The van der Waals surface area contributed by atoms with E-state index in [9.17, 15) is 4.79 Å². The molecule has 3 nitrogen and oxygen atoms in total. The lowest BCUT2D eigenvalue weighted by molar-refractivity contribution is 0.102. The number of nitrogens with zero attached hydrogens (tertiary/aromatic N) is 1. The Morgan fingerprint density at radius 2 is 2.07 bits per heavy atom. The van der Waals surface area contributed by atoms with Gasteiger partial charge < -0.3 is 5.32 Å². The SMILES string of the molecule is O=C(Nc1[c]cccc1)c1ccccn1. The number of pyridine rings is 1. The Morgan fingerprint density at radius 3 is 2.73 bits per heavy atom. The molecular formula is C12H9N2O. The second-order valence-corrected chi connectivity index (χ2v) is 2.95. The minimum absolute atomic E-state index is 0.224. The van der Waals surface area contributed by atoms with Gasteiger partial charge in [-0.25, -0.2) is 0 Å². The molecule has 0 aliphatic carbocycles. The van der Waals surface area contributed by atoms with E-state index in [-0.39, 0.29) is 5.91 Å². The third-order valence-corrected chi connectivity index (χ3v) is 1.85. The highest BCUT2D eigenvalue weighted by Crippen LogP contribution is 2.05. The van der Waals surface area contributed by atoms with Gasteiger partial charge in [-0.2, -0.15) is 0 Å². The van der Waals surface area contributed by atoms with Crippen LogP contribution >= 0.6 is 0 Å². The van der Waals surface area contributed by atoms with E-state index in [1.165, 1.54) is 0 Å². The minimum Gasteiger partial charge on any atom is -0.320 e. The topological polar surface area (TPSA) is 42.0 Å². The number of hydrogen-bond acceptors (Lipinski definition) is 2. The molecule has 1 amide bonds. The van der Waals surface area contributed by atoms with Crippen molar-refractivity contribution < 1.29 is 4.79 Å². The molecule has 0 spiro atoms. The molecule has 15 heavy (non-hydrogen) atoms. The summed E-state index contributed by atoms with van der Waals surface area (Å²) < 4.78 is 0. The summed E-state index contributed by atoms with van der Waals surface area (Å²) in [5.41, 5.74) is 1.04. The van der Waals surface area contributed by atoms with E-state index < -0.39 is 0 Å². The number of carbonyl (C=O) groups is 1. The average Bonchev–Trinajstić information content (AvgIpc) is 2.31. The van der Waals surface area contributed by atoms with Crippen LogP contribution in [-0.2, 0) is 0 Å². The fraction of sp³-hybridized carbons (Fsp3) is 0. The number of carbonyl (C=O) groups excluding carboxylic acids is 1. The number of hydrogen-bond donors (Lipinski definition) is 1. The quantitative estimate of drug-likeness (QED) is 0.801. The number of benzene rings is 1. The summed E-state index contributed by atoms with van der Waals surface area (Å²) in [6.07, 6.45) is 1.59. The molecule has 2 rings (SSSR count). The van der Waals surface area contributed by atoms with Gasteiger partial charge in [0.05, 0.1) is 0 Å². The van der Waals surface area contributed by atoms with Gasteiger partial charge in [0.15, 0.2) is 0 Å². The van der Waals surface area contributed by atoms with Gasteiger partial charge in [-0.1, -0.05) is 24.3 Å². The lowest BCUT2D eigenvalue weighted by Crippen LogP contribution is -2.13. The molecule has 73 valence electrons. The van der Waals surface area contributed by atoms with Crippen LogP contribution in [0.15, 0.2) is 48.7 Å². The Kier molecular flexibility index (Phi) is 2.74. The van der Waals surface area contributed by atoms with Gasteiger partial charge in [0, 0.05) is 18.0 Å². The second kappa shape index (κ2) is 4.37. The van der Waals surface area contributed by atoms with Crippen LogP contribution in [0.1, 0.15) is 10.5 Å². The molecule has 2 aromatic rings. The number of rotatable bonds is 2. The fourth-order valence-corrected chi connectivity index (χ4v) is 1.15. The highest BCUT2D eigenvalue weighted by molar-refractivity contribution is 6.02. The van der Waals surface area contributed by atoms with Crippen molar-refractivity contribution in [3.05, 3.63) is 60.4 Å². The van der Waals surface area contributed by atoms with E-state index >= 15 is 0 Å². The average molecular weight is 197 g/mol. The molecule has 0 aliphatic rings. The summed E-state index contributed by atoms with van der Waals surface area (Å²) in [6.45, 7) is 0. The van der Waals surface area contributed by atoms with Crippen molar-refractivity contribution in [2.75, 3.05) is 5.32 Å². The molecule has 0 saturated heterocycles. The van der Waals surface area contributed by atoms with Crippen molar-refractivity contribution in [2.45, 2.75) is 0 Å². The summed E-state index contributed by atoms with van der Waals surface area (Å²) in [6, 6.07) is 15.3. The number of amides is 1. The maximum atomic E-state index is 11.6. The summed E-state index contributed by atoms with van der Waals surface area (Å²) in [5.74, 6) is -0.224. The monoisotopic (exact) mass is 197 g/mol. The van der Waals surface area contributed by atoms with Gasteiger partial charge in [0.2, 0.25) is 0 Å². The van der Waals surface area contributed by atoms with Gasteiger partial charge in [-0.05, 0) is 18.2 Å². The van der Waals surface area contributed by atoms with Gasteiger partial charge >= 0.3 is 0 Å². The minimum atomic E-state index is -0.224. The van der Waals surface area contributed by atoms with Crippen molar-refractivity contribution in [3.63, 3.8) is 0 Å². The first-order valence-electron chi connectivity index (χ1n) is 4.55. The molecule has 1 aromatic carbocycles. The highest BCUT2D eigenvalue weighted by Gasteiger charge is 2.05. The van der Waals surface area contributed by atoms with Crippen LogP contribution in [0.5, 0.6) is 0 Å². The molecular weight excluding hydrogens is 188 g/mol. The third-order valence-electron chi connectivity index (χ3n) is 1.85. The van der Waals surface area contributed by atoms with E-state index in [1.54, 1.807) is 36.5 Å². The maximum Gasteiger partial charge on any atom is 0.274 e. The number of anilines is 1. The number of nitrogens with one attached hydrogen (secondary N) is 1. The smallest absolute Gasteiger partial charge is 0.274 e. The Labute approximate surface area is 87.8 Å². The largest absolute Gasteiger partial charge is 0.320 e. The highest BCUT2D eigenvalue weighted by atomic mass is 16.1. The molecule has 1 aromatic heterocycles. The van der Waals surface area contributed by atoms with Crippen molar-refractivity contribution in [1.29, 1.82) is 0 Å². The predicted molar refractivity (Wildman–Crippen MR) is 57.5 cm³/mol. The van der Waals surface area contributed by atoms with E-state index in [4.69, 9.17) is 0 Å². The third kappa shape index (κ3) is 2.40. The van der Waals surface area contributed by atoms with Crippen LogP contribution < -0.4 is 5.32 Å². The van der Waals surface area contributed by atoms with Crippen molar-refractivity contribution >= 4 is 11.6 Å². The van der Waals surface area contributed by atoms with Crippen LogP contribution in [0, 0.1) is 6.07 Å². The zero-order chi connectivity index (χ0) is 10.5. The van der Waals surface area contributed by atoms with Crippen LogP contribution in [0.25, 0.3) is 0 Å². The molecule has 1 radical (unpaired) electrons. The van der Waals surface area contributed by atoms with Gasteiger partial charge in [0.25, 0.3) is 5.91 Å². The van der Waals surface area contributed by atoms with E-state index in [2.05, 4.69) is 16.4 Å². The zero-order valence-electron chi connectivity index (χ0n) is 7.97. The van der Waals surface area contributed by atoms with Crippen LogP contribution in [-0.4, -0.2) is 10.9 Å². The van der Waals surface area contributed by atoms with Gasteiger partial charge in [0.1, 0.15) is 5.69 Å². The van der Waals surface area contributed by atoms with Gasteiger partial charge in [-0.15, -0.1) is 0 Å². The molecule has 0 aliphatic heterocycles. The fourth-order valence-electron chi connectivity index (χ4n) is 1.15. The summed E-state index contributed by atoms with van der Waals surface area (Å²) in [7, 11) is 0. The van der Waals surface area contributed by atoms with Crippen LogP contribution in [0.3, 0.4) is 0 Å². The molecule has 1 N–H and O–H groups in total. The Bertz CT molecular complexity index is 440. The van der Waals surface area contributed by atoms with Crippen molar-refractivity contribution in [2.24, 2.45) is 0 Å². The first-order chi connectivity index (χ1) is 7.36. The zero-order valence-corrected chi connectivity index (χ0v) is 7.97. The first kappa shape index (κ1) is 9.40. The van der Waals surface area contributed by atoms with Crippen molar-refractivity contribution in [3.8, 4) is 0 Å². The predicted octanol–water partition coefficient (Wildman–Crippen LogP) is 2.13. The molecule has 0 atom stereocenters. The van der Waals surface area contributed by atoms with Gasteiger partial charge in [-0.3, -0.25) is 9.78 Å². The number of para-hydroxylation sites is 1. The molecule has 1 heterocycles. The number of aromatic nitrogens is 1. The molecule has 3 heteroatoms. The summed E-state index contributed by atoms with van der Waals surface area (Å²) >= 11 is 0. The lowest BCUT2D eigenvalue weighted by Gasteiger charge is -2.02. The normalized spacial score (nSPS) is 9.60. The Hall–Kier alpha value is -2.16. The van der Waals surface area contributed by atoms with Crippen LogP contribution in [0.2, 0.25) is 0 Å². The maximum absolute atomic E-state index is 11.6.